The second-order valence-electron chi connectivity index (χ2n) is 5.08. The second-order valence-corrected chi connectivity index (χ2v) is 5.08. The highest BCUT2D eigenvalue weighted by molar-refractivity contribution is 6.34. The van der Waals surface area contributed by atoms with Crippen LogP contribution in [-0.4, -0.2) is 77.6 Å². The zero-order valence-corrected chi connectivity index (χ0v) is 12.8. The first kappa shape index (κ1) is 16.2. The number of anilines is 1. The summed E-state index contributed by atoms with van der Waals surface area (Å²) in [5.74, 6) is -0.143. The van der Waals surface area contributed by atoms with Gasteiger partial charge in [-0.25, -0.2) is 4.98 Å². The maximum absolute atomic E-state index is 12.2. The quantitative estimate of drug-likeness (QED) is 0.764. The summed E-state index contributed by atoms with van der Waals surface area (Å²) in [5, 5.41) is 8.94. The van der Waals surface area contributed by atoms with Crippen LogP contribution in [0.1, 0.15) is 6.92 Å². The van der Waals surface area contributed by atoms with Crippen molar-refractivity contribution in [3.05, 3.63) is 24.4 Å². The van der Waals surface area contributed by atoms with Gasteiger partial charge in [0.2, 0.25) is 0 Å². The molecule has 7 nitrogen and oxygen atoms in total. The van der Waals surface area contributed by atoms with Crippen LogP contribution in [0.4, 0.5) is 5.82 Å². The van der Waals surface area contributed by atoms with Gasteiger partial charge in [0, 0.05) is 45.5 Å². The third kappa shape index (κ3) is 3.73. The van der Waals surface area contributed by atoms with Crippen LogP contribution >= 0.6 is 0 Å². The minimum absolute atomic E-state index is 0.139. The molecule has 1 aliphatic heterocycles. The molecular weight excluding hydrogens is 284 g/mol. The number of aromatic nitrogens is 1. The van der Waals surface area contributed by atoms with Crippen LogP contribution in [0.15, 0.2) is 24.4 Å². The highest BCUT2D eigenvalue weighted by Crippen LogP contribution is 2.12. The van der Waals surface area contributed by atoms with Gasteiger partial charge in [0.15, 0.2) is 0 Å². The number of nitrogens with zero attached hydrogens (tertiary/aromatic N) is 4. The predicted octanol–water partition coefficient (Wildman–Crippen LogP) is -0.429. The van der Waals surface area contributed by atoms with Crippen molar-refractivity contribution in [3.8, 4) is 0 Å². The van der Waals surface area contributed by atoms with E-state index in [1.807, 2.05) is 18.2 Å². The van der Waals surface area contributed by atoms with E-state index in [1.165, 1.54) is 4.90 Å². The number of amides is 2. The Bertz CT molecular complexity index is 501. The number of rotatable bonds is 4. The maximum Gasteiger partial charge on any atom is 0.312 e. The fraction of sp³-hybridized carbons (Fsp3) is 0.533. The third-order valence-electron chi connectivity index (χ3n) is 3.76. The van der Waals surface area contributed by atoms with Gasteiger partial charge in [-0.05, 0) is 19.1 Å². The van der Waals surface area contributed by atoms with Gasteiger partial charge in [0.1, 0.15) is 5.82 Å². The average Bonchev–Trinajstić information content (AvgIpc) is 2.59. The fourth-order valence-electron chi connectivity index (χ4n) is 2.47. The largest absolute Gasteiger partial charge is 0.395 e. The van der Waals surface area contributed by atoms with Crippen LogP contribution in [0.3, 0.4) is 0 Å². The maximum atomic E-state index is 12.2. The molecular formula is C15H22N4O3. The van der Waals surface area contributed by atoms with Crippen molar-refractivity contribution in [1.82, 2.24) is 14.8 Å². The average molecular weight is 306 g/mol. The van der Waals surface area contributed by atoms with Crippen molar-refractivity contribution in [2.75, 3.05) is 50.8 Å². The molecule has 1 N–H and O–H groups in total. The third-order valence-corrected chi connectivity index (χ3v) is 3.76. The normalized spacial score (nSPS) is 14.8. The van der Waals surface area contributed by atoms with E-state index in [1.54, 1.807) is 18.0 Å². The zero-order valence-electron chi connectivity index (χ0n) is 12.8. The Morgan fingerprint density at radius 3 is 2.55 bits per heavy atom. The lowest BCUT2D eigenvalue weighted by Gasteiger charge is -2.35. The molecule has 7 heteroatoms. The van der Waals surface area contributed by atoms with E-state index in [0.29, 0.717) is 32.7 Å². The SMILES string of the molecule is CCN(CCO)C(=O)C(=O)N1CCN(c2ccccn2)CC1. The molecule has 2 rings (SSSR count). The summed E-state index contributed by atoms with van der Waals surface area (Å²) >= 11 is 0. The molecule has 2 heterocycles. The molecule has 0 radical (unpaired) electrons. The van der Waals surface area contributed by atoms with Crippen molar-refractivity contribution in [2.24, 2.45) is 0 Å². The van der Waals surface area contributed by atoms with Crippen LogP contribution < -0.4 is 4.90 Å². The highest BCUT2D eigenvalue weighted by atomic mass is 16.3. The lowest BCUT2D eigenvalue weighted by atomic mass is 10.3. The van der Waals surface area contributed by atoms with Crippen molar-refractivity contribution < 1.29 is 14.7 Å². The van der Waals surface area contributed by atoms with E-state index in [2.05, 4.69) is 9.88 Å². The Kier molecular flexibility index (Phi) is 5.71. The van der Waals surface area contributed by atoms with Gasteiger partial charge >= 0.3 is 11.8 Å². The van der Waals surface area contributed by atoms with Crippen LogP contribution in [-0.2, 0) is 9.59 Å². The van der Waals surface area contributed by atoms with Crippen molar-refractivity contribution in [3.63, 3.8) is 0 Å². The molecule has 1 fully saturated rings. The minimum atomic E-state index is -0.539. The summed E-state index contributed by atoms with van der Waals surface area (Å²) in [7, 11) is 0. The minimum Gasteiger partial charge on any atom is -0.395 e. The summed E-state index contributed by atoms with van der Waals surface area (Å²) < 4.78 is 0. The summed E-state index contributed by atoms with van der Waals surface area (Å²) in [4.78, 5) is 33.7. The van der Waals surface area contributed by atoms with Crippen LogP contribution in [0.5, 0.6) is 0 Å². The predicted molar refractivity (Wildman–Crippen MR) is 82.4 cm³/mol. The molecule has 0 atom stereocenters. The molecule has 0 aromatic carbocycles. The van der Waals surface area contributed by atoms with E-state index < -0.39 is 11.8 Å². The Morgan fingerprint density at radius 1 is 1.27 bits per heavy atom. The Balaban J connectivity index is 1.91. The topological polar surface area (TPSA) is 77.0 Å². The van der Waals surface area contributed by atoms with Gasteiger partial charge in [-0.2, -0.15) is 0 Å². The van der Waals surface area contributed by atoms with Gasteiger partial charge in [0.05, 0.1) is 6.61 Å². The van der Waals surface area contributed by atoms with Gasteiger partial charge in [0.25, 0.3) is 0 Å². The fourth-order valence-corrected chi connectivity index (χ4v) is 2.47. The second kappa shape index (κ2) is 7.74. The molecule has 1 aromatic rings. The molecule has 2 amide bonds. The smallest absolute Gasteiger partial charge is 0.312 e. The van der Waals surface area contributed by atoms with Gasteiger partial charge < -0.3 is 19.8 Å². The number of piperazine rings is 1. The van der Waals surface area contributed by atoms with Gasteiger partial charge in [-0.3, -0.25) is 9.59 Å². The number of aliphatic hydroxyl groups excluding tert-OH is 1. The molecule has 0 bridgehead atoms. The molecule has 1 aliphatic rings. The summed E-state index contributed by atoms with van der Waals surface area (Å²) in [6.45, 7) is 4.56. The first-order valence-corrected chi connectivity index (χ1v) is 7.52. The Hall–Kier alpha value is -2.15. The van der Waals surface area contributed by atoms with Gasteiger partial charge in [-0.15, -0.1) is 0 Å². The summed E-state index contributed by atoms with van der Waals surface area (Å²) in [5.41, 5.74) is 0. The number of carbonyl (C=O) groups is 2. The highest BCUT2D eigenvalue weighted by Gasteiger charge is 2.29. The first-order chi connectivity index (χ1) is 10.7. The first-order valence-electron chi connectivity index (χ1n) is 7.52. The standard InChI is InChI=1S/C15H22N4O3/c1-2-17(11-12-20)14(21)15(22)19-9-7-18(8-10-19)13-5-3-4-6-16-13/h3-6,20H,2,7-12H2,1H3. The van der Waals surface area contributed by atoms with E-state index >= 15 is 0 Å². The summed E-state index contributed by atoms with van der Waals surface area (Å²) in [6.07, 6.45) is 1.74. The zero-order chi connectivity index (χ0) is 15.9. The lowest BCUT2D eigenvalue weighted by molar-refractivity contribution is -0.152. The van der Waals surface area contributed by atoms with Crippen molar-refractivity contribution >= 4 is 17.6 Å². The molecule has 1 saturated heterocycles. The van der Waals surface area contributed by atoms with Crippen LogP contribution in [0.2, 0.25) is 0 Å². The van der Waals surface area contributed by atoms with E-state index in [-0.39, 0.29) is 13.2 Å². The Labute approximate surface area is 130 Å². The number of hydrogen-bond acceptors (Lipinski definition) is 5. The number of aliphatic hydroxyl groups is 1. The van der Waals surface area contributed by atoms with Crippen LogP contribution in [0, 0.1) is 0 Å². The number of pyridine rings is 1. The van der Waals surface area contributed by atoms with E-state index in [0.717, 1.165) is 5.82 Å². The molecule has 120 valence electrons. The van der Waals surface area contributed by atoms with Crippen molar-refractivity contribution in [1.29, 1.82) is 0 Å². The summed E-state index contributed by atoms with van der Waals surface area (Å²) in [6, 6.07) is 5.72. The van der Waals surface area contributed by atoms with Crippen LogP contribution in [0.25, 0.3) is 0 Å². The molecule has 0 unspecified atom stereocenters. The van der Waals surface area contributed by atoms with E-state index in [4.69, 9.17) is 5.11 Å². The number of carbonyl (C=O) groups excluding carboxylic acids is 2. The monoisotopic (exact) mass is 306 g/mol. The molecule has 1 aromatic heterocycles. The molecule has 22 heavy (non-hydrogen) atoms. The molecule has 0 aliphatic carbocycles. The molecule has 0 saturated carbocycles. The van der Waals surface area contributed by atoms with Crippen molar-refractivity contribution in [2.45, 2.75) is 6.92 Å². The van der Waals surface area contributed by atoms with E-state index in [9.17, 15) is 9.59 Å². The Morgan fingerprint density at radius 2 is 2.00 bits per heavy atom. The number of hydrogen-bond donors (Lipinski definition) is 1. The lowest BCUT2D eigenvalue weighted by Crippen LogP contribution is -2.53. The number of likely N-dealkylation sites (N-methyl/N-ethyl adjacent to an activating group) is 1. The van der Waals surface area contributed by atoms with Gasteiger partial charge in [-0.1, -0.05) is 6.07 Å². The molecule has 0 spiro atoms.